The van der Waals surface area contributed by atoms with Crippen molar-refractivity contribution in [1.82, 2.24) is 9.97 Å². The molecule has 190 valence electrons. The molecule has 2 aromatic heterocycles. The molecular weight excluding hydrogens is 483 g/mol. The molecule has 1 amide bonds. The number of nitrogens with zero attached hydrogens (tertiary/aromatic N) is 3. The predicted molar refractivity (Wildman–Crippen MR) is 136 cm³/mol. The highest BCUT2D eigenvalue weighted by molar-refractivity contribution is 6.02. The van der Waals surface area contributed by atoms with Crippen molar-refractivity contribution in [3.63, 3.8) is 0 Å². The van der Waals surface area contributed by atoms with Gasteiger partial charge in [0.2, 0.25) is 0 Å². The molecule has 4 aromatic rings. The lowest BCUT2D eigenvalue weighted by atomic mass is 9.96. The number of piperidine rings is 1. The Morgan fingerprint density at radius 2 is 1.73 bits per heavy atom. The van der Waals surface area contributed by atoms with E-state index in [1.165, 1.54) is 25.4 Å². The third-order valence-electron chi connectivity index (χ3n) is 6.49. The summed E-state index contributed by atoms with van der Waals surface area (Å²) in [4.78, 5) is 22.5. The van der Waals surface area contributed by atoms with Gasteiger partial charge in [-0.15, -0.1) is 0 Å². The summed E-state index contributed by atoms with van der Waals surface area (Å²) >= 11 is 0. The number of halogens is 3. The van der Waals surface area contributed by atoms with Gasteiger partial charge in [0.05, 0.1) is 30.2 Å². The van der Waals surface area contributed by atoms with Crippen molar-refractivity contribution in [2.45, 2.75) is 18.9 Å². The molecule has 2 aromatic carbocycles. The summed E-state index contributed by atoms with van der Waals surface area (Å²) < 4.78 is 47.7. The number of rotatable bonds is 4. The van der Waals surface area contributed by atoms with Crippen LogP contribution in [0.2, 0.25) is 0 Å². The molecule has 0 radical (unpaired) electrons. The Labute approximate surface area is 211 Å². The molecule has 0 aliphatic carbocycles. The van der Waals surface area contributed by atoms with Gasteiger partial charge in [0.25, 0.3) is 0 Å². The highest BCUT2D eigenvalue weighted by Gasteiger charge is 2.23. The predicted octanol–water partition coefficient (Wildman–Crippen LogP) is 5.49. The van der Waals surface area contributed by atoms with Crippen LogP contribution in [0.15, 0.2) is 55.0 Å². The number of fused-ring (bicyclic) bond motifs is 1. The molecule has 0 spiro atoms. The van der Waals surface area contributed by atoms with Gasteiger partial charge in [-0.3, -0.25) is 15.3 Å². The molecule has 1 aliphatic heterocycles. The first kappa shape index (κ1) is 24.5. The van der Waals surface area contributed by atoms with Crippen molar-refractivity contribution in [2.24, 2.45) is 5.73 Å². The first-order valence-electron chi connectivity index (χ1n) is 11.7. The molecule has 10 heteroatoms. The fraction of sp³-hybridized carbons (Fsp3) is 0.222. The van der Waals surface area contributed by atoms with E-state index in [2.05, 4.69) is 24.9 Å². The number of pyridine rings is 2. The number of amides is 1. The summed E-state index contributed by atoms with van der Waals surface area (Å²) in [5.41, 5.74) is 9.24. The second-order valence-electron chi connectivity index (χ2n) is 8.90. The van der Waals surface area contributed by atoms with Gasteiger partial charge in [-0.05, 0) is 48.2 Å². The van der Waals surface area contributed by atoms with Gasteiger partial charge >= 0.3 is 6.09 Å². The van der Waals surface area contributed by atoms with Crippen LogP contribution in [0.3, 0.4) is 0 Å². The number of nitrogens with one attached hydrogen (secondary N) is 1. The number of nitrogens with two attached hydrogens (primary N) is 1. The summed E-state index contributed by atoms with van der Waals surface area (Å²) in [7, 11) is 1.18. The van der Waals surface area contributed by atoms with Gasteiger partial charge in [0.15, 0.2) is 5.82 Å². The van der Waals surface area contributed by atoms with E-state index in [9.17, 15) is 18.0 Å². The molecule has 0 bridgehead atoms. The number of anilines is 2. The number of carbonyl (C=O) groups excluding carboxylic acids is 1. The maximum Gasteiger partial charge on any atom is 0.411 e. The lowest BCUT2D eigenvalue weighted by Gasteiger charge is -2.34. The van der Waals surface area contributed by atoms with Gasteiger partial charge in [0, 0.05) is 54.1 Å². The highest BCUT2D eigenvalue weighted by atomic mass is 19.1. The number of hydrogen-bond acceptors (Lipinski definition) is 6. The zero-order chi connectivity index (χ0) is 26.1. The minimum absolute atomic E-state index is 0.0697. The number of methoxy groups -OCH3 is 1. The first-order chi connectivity index (χ1) is 17.8. The smallest absolute Gasteiger partial charge is 0.411 e. The van der Waals surface area contributed by atoms with E-state index < -0.39 is 23.5 Å². The number of hydrogen-bond donors (Lipinski definition) is 2. The van der Waals surface area contributed by atoms with E-state index in [1.54, 1.807) is 18.3 Å². The summed E-state index contributed by atoms with van der Waals surface area (Å²) in [6, 6.07) is 8.75. The third kappa shape index (κ3) is 4.92. The number of ether oxygens (including phenoxy) is 1. The van der Waals surface area contributed by atoms with Crippen LogP contribution in [0.4, 0.5) is 29.3 Å². The Kier molecular flexibility index (Phi) is 6.66. The van der Waals surface area contributed by atoms with Crippen LogP contribution in [0.1, 0.15) is 12.8 Å². The van der Waals surface area contributed by atoms with E-state index in [0.29, 0.717) is 46.2 Å². The van der Waals surface area contributed by atoms with Gasteiger partial charge in [0.1, 0.15) is 11.6 Å². The summed E-state index contributed by atoms with van der Waals surface area (Å²) in [5.74, 6) is -2.12. The molecule has 5 rings (SSSR count). The molecule has 1 fully saturated rings. The summed E-state index contributed by atoms with van der Waals surface area (Å²) in [6.07, 6.45) is 4.72. The van der Waals surface area contributed by atoms with Gasteiger partial charge < -0.3 is 15.4 Å². The van der Waals surface area contributed by atoms with Crippen LogP contribution in [-0.4, -0.2) is 42.3 Å². The van der Waals surface area contributed by atoms with Crippen LogP contribution < -0.4 is 16.0 Å². The lowest BCUT2D eigenvalue weighted by molar-refractivity contribution is 0.187. The molecule has 1 aliphatic rings. The van der Waals surface area contributed by atoms with E-state index >= 15 is 0 Å². The number of benzene rings is 2. The third-order valence-corrected chi connectivity index (χ3v) is 6.49. The van der Waals surface area contributed by atoms with E-state index in [-0.39, 0.29) is 11.7 Å². The first-order valence-corrected chi connectivity index (χ1v) is 11.7. The molecular formula is C27H24F3N5O2. The molecule has 0 saturated carbocycles. The lowest BCUT2D eigenvalue weighted by Crippen LogP contribution is -2.40. The fourth-order valence-corrected chi connectivity index (χ4v) is 4.66. The average Bonchev–Trinajstić information content (AvgIpc) is 2.88. The fourth-order valence-electron chi connectivity index (χ4n) is 4.66. The van der Waals surface area contributed by atoms with E-state index in [1.807, 2.05) is 6.07 Å². The van der Waals surface area contributed by atoms with Crippen molar-refractivity contribution in [3.8, 4) is 22.3 Å². The maximum atomic E-state index is 14.7. The van der Waals surface area contributed by atoms with Crippen LogP contribution in [-0.2, 0) is 4.74 Å². The minimum atomic E-state index is -0.824. The van der Waals surface area contributed by atoms with Gasteiger partial charge in [-0.25, -0.2) is 18.0 Å². The molecule has 0 unspecified atom stereocenters. The second kappa shape index (κ2) is 10.1. The van der Waals surface area contributed by atoms with Crippen molar-refractivity contribution in [1.29, 1.82) is 0 Å². The van der Waals surface area contributed by atoms with Crippen LogP contribution in [0.25, 0.3) is 33.2 Å². The molecule has 0 atom stereocenters. The number of aromatic nitrogens is 2. The highest BCUT2D eigenvalue weighted by Crippen LogP contribution is 2.40. The summed E-state index contributed by atoms with van der Waals surface area (Å²) in [5, 5.41) is 3.11. The topological polar surface area (TPSA) is 93.4 Å². The van der Waals surface area contributed by atoms with Crippen molar-refractivity contribution in [3.05, 3.63) is 72.4 Å². The van der Waals surface area contributed by atoms with Gasteiger partial charge in [-0.1, -0.05) is 6.07 Å². The van der Waals surface area contributed by atoms with Crippen LogP contribution >= 0.6 is 0 Å². The van der Waals surface area contributed by atoms with Gasteiger partial charge in [-0.2, -0.15) is 0 Å². The van der Waals surface area contributed by atoms with Crippen molar-refractivity contribution in [2.75, 3.05) is 30.4 Å². The Morgan fingerprint density at radius 1 is 1.00 bits per heavy atom. The Balaban J connectivity index is 1.73. The largest absolute Gasteiger partial charge is 0.453 e. The Hall–Kier alpha value is -4.18. The molecule has 37 heavy (non-hydrogen) atoms. The molecule has 3 heterocycles. The van der Waals surface area contributed by atoms with E-state index in [4.69, 9.17) is 5.73 Å². The quantitative estimate of drug-likeness (QED) is 0.380. The van der Waals surface area contributed by atoms with Crippen LogP contribution in [0, 0.1) is 17.5 Å². The van der Waals surface area contributed by atoms with Crippen LogP contribution in [0.5, 0.6) is 0 Å². The monoisotopic (exact) mass is 507 g/mol. The maximum absolute atomic E-state index is 14.7. The standard InChI is InChI=1S/C27H24F3N5O2/c1-37-27(36)34-25-21(12-32-14-23(25)30)15-2-3-24-20(10-15)26(35-6-4-19(31)5-7-35)22(13-33-24)16-8-17(28)11-18(29)9-16/h2-3,8-14,19H,4-7,31H2,1H3,(H,32,34,36). The molecule has 7 nitrogen and oxygen atoms in total. The zero-order valence-electron chi connectivity index (χ0n) is 20.0. The SMILES string of the molecule is COC(=O)Nc1c(F)cncc1-c1ccc2ncc(-c3cc(F)cc(F)c3)c(N3CCC(N)CC3)c2c1. The molecule has 1 saturated heterocycles. The molecule has 3 N–H and O–H groups in total. The second-order valence-corrected chi connectivity index (χ2v) is 8.90. The van der Waals surface area contributed by atoms with Crippen molar-refractivity contribution < 1.29 is 22.7 Å². The summed E-state index contributed by atoms with van der Waals surface area (Å²) in [6.45, 7) is 1.29. The Bertz CT molecular complexity index is 1470. The van der Waals surface area contributed by atoms with E-state index in [0.717, 1.165) is 30.8 Å². The van der Waals surface area contributed by atoms with Crippen molar-refractivity contribution >= 4 is 28.4 Å². The Morgan fingerprint density at radius 3 is 2.43 bits per heavy atom. The average molecular weight is 508 g/mol. The zero-order valence-corrected chi connectivity index (χ0v) is 20.0. The normalized spacial score (nSPS) is 14.1. The minimum Gasteiger partial charge on any atom is -0.453 e. The number of carbonyl (C=O) groups is 1.